The Morgan fingerprint density at radius 2 is 2.21 bits per heavy atom. The Morgan fingerprint density at radius 1 is 1.42 bits per heavy atom. The quantitative estimate of drug-likeness (QED) is 0.837. The number of carbonyl (C=O) groups is 2. The number of nitrogens with two attached hydrogens (primary N) is 1. The molecule has 3 N–H and O–H groups in total. The predicted molar refractivity (Wildman–Crippen MR) is 88.5 cm³/mol. The fraction of sp³-hybridized carbons (Fsp3) is 0.412. The summed E-state index contributed by atoms with van der Waals surface area (Å²) >= 11 is 0. The summed E-state index contributed by atoms with van der Waals surface area (Å²) in [6.45, 7) is 0.718. The number of hydrogen-bond donors (Lipinski definition) is 2. The Hall–Kier alpha value is -2.38. The molecule has 7 heteroatoms. The highest BCUT2D eigenvalue weighted by Crippen LogP contribution is 2.21. The predicted octanol–water partition coefficient (Wildman–Crippen LogP) is 0.568. The zero-order chi connectivity index (χ0) is 17.1. The standard InChI is InChI=1S/C17H21N3O4/c1-20-8-12(11-4-2-3-5-14(11)20)17(22)19-13-9-23-7-6-15(13)24-10-16(18)21/h2-5,8,13,15H,6-7,9-10H2,1H3,(H2,18,21)(H,19,22)/t13-,15+/m1/s1. The van der Waals surface area contributed by atoms with Gasteiger partial charge in [-0.2, -0.15) is 0 Å². The number of ether oxygens (including phenoxy) is 2. The summed E-state index contributed by atoms with van der Waals surface area (Å²) in [6.07, 6.45) is 2.13. The molecule has 0 saturated carbocycles. The van der Waals surface area contributed by atoms with Gasteiger partial charge in [0.05, 0.1) is 24.3 Å². The van der Waals surface area contributed by atoms with Gasteiger partial charge in [0.15, 0.2) is 0 Å². The van der Waals surface area contributed by atoms with Gasteiger partial charge in [0, 0.05) is 30.8 Å². The van der Waals surface area contributed by atoms with Gasteiger partial charge in [-0.15, -0.1) is 0 Å². The van der Waals surface area contributed by atoms with Gasteiger partial charge in [0.25, 0.3) is 5.91 Å². The summed E-state index contributed by atoms with van der Waals surface area (Å²) in [4.78, 5) is 23.6. The van der Waals surface area contributed by atoms with Crippen molar-refractivity contribution in [2.75, 3.05) is 19.8 Å². The van der Waals surface area contributed by atoms with Gasteiger partial charge in [-0.05, 0) is 12.5 Å². The summed E-state index contributed by atoms with van der Waals surface area (Å²) in [5.74, 6) is -0.712. The van der Waals surface area contributed by atoms with Gasteiger partial charge in [0.1, 0.15) is 6.61 Å². The first-order valence-electron chi connectivity index (χ1n) is 7.89. The van der Waals surface area contributed by atoms with E-state index in [4.69, 9.17) is 15.2 Å². The van der Waals surface area contributed by atoms with Gasteiger partial charge in [-0.1, -0.05) is 18.2 Å². The lowest BCUT2D eigenvalue weighted by atomic mass is 10.1. The Bertz CT molecular complexity index is 755. The molecule has 0 bridgehead atoms. The molecule has 0 aliphatic carbocycles. The SMILES string of the molecule is Cn1cc(C(=O)N[C@@H]2COCC[C@@H]2OCC(N)=O)c2ccccc21. The number of rotatable bonds is 5. The van der Waals surface area contributed by atoms with E-state index in [9.17, 15) is 9.59 Å². The van der Waals surface area contributed by atoms with E-state index in [1.165, 1.54) is 0 Å². The molecule has 7 nitrogen and oxygen atoms in total. The smallest absolute Gasteiger partial charge is 0.253 e. The average molecular weight is 331 g/mol. The number of benzene rings is 1. The van der Waals surface area contributed by atoms with Crippen molar-refractivity contribution in [3.63, 3.8) is 0 Å². The number of carbonyl (C=O) groups excluding carboxylic acids is 2. The minimum Gasteiger partial charge on any atom is -0.379 e. The number of hydrogen-bond acceptors (Lipinski definition) is 4. The Morgan fingerprint density at radius 3 is 3.00 bits per heavy atom. The van der Waals surface area contributed by atoms with E-state index >= 15 is 0 Å². The summed E-state index contributed by atoms with van der Waals surface area (Å²) in [5, 5.41) is 3.85. The van der Waals surface area contributed by atoms with Crippen molar-refractivity contribution in [1.29, 1.82) is 0 Å². The minimum atomic E-state index is -0.527. The zero-order valence-corrected chi connectivity index (χ0v) is 13.5. The number of aromatic nitrogens is 1. The van der Waals surface area contributed by atoms with Crippen LogP contribution in [0, 0.1) is 0 Å². The second-order valence-electron chi connectivity index (χ2n) is 5.93. The molecule has 3 rings (SSSR count). The Kier molecular flexibility index (Phi) is 4.82. The lowest BCUT2D eigenvalue weighted by Gasteiger charge is -2.31. The summed E-state index contributed by atoms with van der Waals surface area (Å²) in [5.41, 5.74) is 6.72. The van der Waals surface area contributed by atoms with E-state index in [0.717, 1.165) is 10.9 Å². The molecule has 0 unspecified atom stereocenters. The Balaban J connectivity index is 1.75. The fourth-order valence-corrected chi connectivity index (χ4v) is 3.01. The first-order chi connectivity index (χ1) is 11.6. The van der Waals surface area contributed by atoms with Crippen LogP contribution in [-0.4, -0.2) is 48.3 Å². The van der Waals surface area contributed by atoms with E-state index in [1.54, 1.807) is 0 Å². The molecule has 1 saturated heterocycles. The molecule has 1 fully saturated rings. The second-order valence-corrected chi connectivity index (χ2v) is 5.93. The van der Waals surface area contributed by atoms with Crippen LogP contribution in [-0.2, 0) is 21.3 Å². The largest absolute Gasteiger partial charge is 0.379 e. The van der Waals surface area contributed by atoms with Crippen molar-refractivity contribution >= 4 is 22.7 Å². The van der Waals surface area contributed by atoms with Gasteiger partial charge in [-0.3, -0.25) is 9.59 Å². The van der Waals surface area contributed by atoms with Crippen LogP contribution < -0.4 is 11.1 Å². The average Bonchev–Trinajstić information content (AvgIpc) is 2.91. The van der Waals surface area contributed by atoms with Gasteiger partial charge < -0.3 is 25.1 Å². The molecule has 2 heterocycles. The monoisotopic (exact) mass is 331 g/mol. The van der Waals surface area contributed by atoms with Crippen molar-refractivity contribution in [1.82, 2.24) is 9.88 Å². The maximum Gasteiger partial charge on any atom is 0.253 e. The number of aryl methyl sites for hydroxylation is 1. The molecule has 1 aromatic heterocycles. The van der Waals surface area contributed by atoms with Crippen LogP contribution in [0.3, 0.4) is 0 Å². The molecule has 2 aromatic rings. The maximum absolute atomic E-state index is 12.7. The number of para-hydroxylation sites is 1. The van der Waals surface area contributed by atoms with Crippen molar-refractivity contribution in [2.45, 2.75) is 18.6 Å². The summed E-state index contributed by atoms with van der Waals surface area (Å²) in [7, 11) is 1.90. The Labute approximate surface area is 139 Å². The topological polar surface area (TPSA) is 95.6 Å². The summed E-state index contributed by atoms with van der Waals surface area (Å²) in [6, 6.07) is 7.41. The second kappa shape index (κ2) is 7.02. The normalized spacial score (nSPS) is 20.9. The molecule has 1 aliphatic heterocycles. The third-order valence-electron chi connectivity index (χ3n) is 4.19. The fourth-order valence-electron chi connectivity index (χ4n) is 3.01. The molecule has 2 amide bonds. The molecule has 1 aromatic carbocycles. The number of nitrogens with one attached hydrogen (secondary N) is 1. The molecule has 128 valence electrons. The van der Waals surface area contributed by atoms with Crippen LogP contribution in [0.25, 0.3) is 10.9 Å². The lowest BCUT2D eigenvalue weighted by molar-refractivity contribution is -0.128. The number of amides is 2. The van der Waals surface area contributed by atoms with Crippen LogP contribution in [0.2, 0.25) is 0 Å². The van der Waals surface area contributed by atoms with Crippen molar-refractivity contribution < 1.29 is 19.1 Å². The van der Waals surface area contributed by atoms with Crippen LogP contribution in [0.15, 0.2) is 30.5 Å². The van der Waals surface area contributed by atoms with E-state index in [2.05, 4.69) is 5.32 Å². The van der Waals surface area contributed by atoms with Crippen LogP contribution in [0.4, 0.5) is 0 Å². The number of nitrogens with zero attached hydrogens (tertiary/aromatic N) is 1. The highest BCUT2D eigenvalue weighted by Gasteiger charge is 2.29. The molecule has 2 atom stereocenters. The molecular formula is C17H21N3O4. The minimum absolute atomic E-state index is 0.161. The third-order valence-corrected chi connectivity index (χ3v) is 4.19. The maximum atomic E-state index is 12.7. The van der Waals surface area contributed by atoms with Crippen molar-refractivity contribution in [2.24, 2.45) is 12.8 Å². The summed E-state index contributed by atoms with van der Waals surface area (Å²) < 4.78 is 12.9. The van der Waals surface area contributed by atoms with E-state index in [1.807, 2.05) is 42.1 Å². The molecular weight excluding hydrogens is 310 g/mol. The first kappa shape index (κ1) is 16.5. The van der Waals surface area contributed by atoms with Gasteiger partial charge >= 0.3 is 0 Å². The van der Waals surface area contributed by atoms with E-state index in [-0.39, 0.29) is 24.7 Å². The number of fused-ring (bicyclic) bond motifs is 1. The lowest BCUT2D eigenvalue weighted by Crippen LogP contribution is -2.51. The van der Waals surface area contributed by atoms with Crippen LogP contribution in [0.1, 0.15) is 16.8 Å². The van der Waals surface area contributed by atoms with Gasteiger partial charge in [-0.25, -0.2) is 0 Å². The van der Waals surface area contributed by atoms with Crippen molar-refractivity contribution in [3.8, 4) is 0 Å². The third kappa shape index (κ3) is 3.42. The first-order valence-corrected chi connectivity index (χ1v) is 7.89. The molecule has 24 heavy (non-hydrogen) atoms. The molecule has 0 spiro atoms. The van der Waals surface area contributed by atoms with Crippen LogP contribution in [0.5, 0.6) is 0 Å². The molecule has 0 radical (unpaired) electrons. The molecule has 1 aliphatic rings. The highest BCUT2D eigenvalue weighted by molar-refractivity contribution is 6.07. The highest BCUT2D eigenvalue weighted by atomic mass is 16.5. The van der Waals surface area contributed by atoms with Crippen LogP contribution >= 0.6 is 0 Å². The van der Waals surface area contributed by atoms with Crippen molar-refractivity contribution in [3.05, 3.63) is 36.0 Å². The number of primary amides is 1. The van der Waals surface area contributed by atoms with E-state index in [0.29, 0.717) is 25.2 Å². The van der Waals surface area contributed by atoms with Gasteiger partial charge in [0.2, 0.25) is 5.91 Å². The zero-order valence-electron chi connectivity index (χ0n) is 13.5. The van der Waals surface area contributed by atoms with E-state index < -0.39 is 5.91 Å².